The van der Waals surface area contributed by atoms with E-state index in [2.05, 4.69) is 16.7 Å². The third kappa shape index (κ3) is 2.71. The Balaban J connectivity index is 2.30. The zero-order valence-electron chi connectivity index (χ0n) is 11.8. The predicted octanol–water partition coefficient (Wildman–Crippen LogP) is 0.583. The SMILES string of the molecule is CC1CCC(NS(=O)(=O)c2ccnn2C)(C(=N)N)CC1. The summed E-state index contributed by atoms with van der Waals surface area (Å²) in [5.74, 6) is 0.416. The van der Waals surface area contributed by atoms with Crippen molar-refractivity contribution in [2.45, 2.75) is 43.2 Å². The summed E-state index contributed by atoms with van der Waals surface area (Å²) in [5.41, 5.74) is 4.72. The lowest BCUT2D eigenvalue weighted by Crippen LogP contribution is -2.58. The molecule has 8 heteroatoms. The molecule has 1 aliphatic carbocycles. The first-order valence-electron chi connectivity index (χ1n) is 6.63. The molecule has 1 fully saturated rings. The summed E-state index contributed by atoms with van der Waals surface area (Å²) in [7, 11) is -2.17. The molecule has 1 aromatic heterocycles. The topological polar surface area (TPSA) is 114 Å². The van der Waals surface area contributed by atoms with Crippen LogP contribution in [0.3, 0.4) is 0 Å². The third-order valence-electron chi connectivity index (χ3n) is 4.02. The van der Waals surface area contributed by atoms with E-state index in [1.165, 1.54) is 16.9 Å². The van der Waals surface area contributed by atoms with Gasteiger partial charge in [-0.05, 0) is 37.7 Å². The summed E-state index contributed by atoms with van der Waals surface area (Å²) in [6.07, 6.45) is 4.25. The second-order valence-electron chi connectivity index (χ2n) is 5.58. The Labute approximate surface area is 119 Å². The fourth-order valence-electron chi connectivity index (χ4n) is 2.62. The molecular weight excluding hydrogens is 278 g/mol. The number of rotatable bonds is 4. The van der Waals surface area contributed by atoms with Crippen molar-refractivity contribution in [3.63, 3.8) is 0 Å². The largest absolute Gasteiger partial charge is 0.386 e. The monoisotopic (exact) mass is 299 g/mol. The summed E-state index contributed by atoms with van der Waals surface area (Å²) in [6.45, 7) is 2.12. The first-order chi connectivity index (χ1) is 9.27. The van der Waals surface area contributed by atoms with Crippen molar-refractivity contribution in [3.8, 4) is 0 Å². The van der Waals surface area contributed by atoms with Crippen molar-refractivity contribution < 1.29 is 8.42 Å². The van der Waals surface area contributed by atoms with Gasteiger partial charge in [0, 0.05) is 7.05 Å². The van der Waals surface area contributed by atoms with Crippen LogP contribution in [0.2, 0.25) is 0 Å². The van der Waals surface area contributed by atoms with E-state index in [-0.39, 0.29) is 10.9 Å². The van der Waals surface area contributed by atoms with Crippen molar-refractivity contribution in [2.24, 2.45) is 18.7 Å². The van der Waals surface area contributed by atoms with Gasteiger partial charge in [-0.2, -0.15) is 9.82 Å². The molecule has 0 unspecified atom stereocenters. The molecule has 1 saturated carbocycles. The summed E-state index contributed by atoms with van der Waals surface area (Å²) in [5, 5.41) is 11.7. The molecule has 1 aromatic rings. The van der Waals surface area contributed by atoms with E-state index in [1.54, 1.807) is 7.05 Å². The van der Waals surface area contributed by atoms with E-state index in [9.17, 15) is 8.42 Å². The molecule has 4 N–H and O–H groups in total. The Kier molecular flexibility index (Phi) is 3.88. The van der Waals surface area contributed by atoms with Crippen LogP contribution in [-0.2, 0) is 17.1 Å². The van der Waals surface area contributed by atoms with Crippen LogP contribution in [0.15, 0.2) is 17.3 Å². The number of nitrogens with one attached hydrogen (secondary N) is 2. The maximum atomic E-state index is 12.4. The van der Waals surface area contributed by atoms with E-state index in [1.807, 2.05) is 0 Å². The van der Waals surface area contributed by atoms with Gasteiger partial charge < -0.3 is 5.73 Å². The molecule has 0 aliphatic heterocycles. The van der Waals surface area contributed by atoms with E-state index < -0.39 is 15.6 Å². The highest BCUT2D eigenvalue weighted by Gasteiger charge is 2.41. The fraction of sp³-hybridized carbons (Fsp3) is 0.667. The van der Waals surface area contributed by atoms with E-state index in [0.29, 0.717) is 18.8 Å². The quantitative estimate of drug-likeness (QED) is 0.557. The second-order valence-corrected chi connectivity index (χ2v) is 7.21. The Morgan fingerprint density at radius 2 is 2.15 bits per heavy atom. The second kappa shape index (κ2) is 5.17. The van der Waals surface area contributed by atoms with Gasteiger partial charge in [0.1, 0.15) is 5.84 Å². The summed E-state index contributed by atoms with van der Waals surface area (Å²) >= 11 is 0. The van der Waals surface area contributed by atoms with Crippen LogP contribution in [0.25, 0.3) is 0 Å². The molecule has 0 spiro atoms. The van der Waals surface area contributed by atoms with Gasteiger partial charge in [-0.3, -0.25) is 10.1 Å². The van der Waals surface area contributed by atoms with Gasteiger partial charge in [-0.25, -0.2) is 8.42 Å². The standard InChI is InChI=1S/C12H21N5O2S/c1-9-3-6-12(7-4-9,11(13)14)16-20(18,19)10-5-8-15-17(10)2/h5,8-9,16H,3-4,6-7H2,1-2H3,(H3,13,14). The van der Waals surface area contributed by atoms with Crippen molar-refractivity contribution >= 4 is 15.9 Å². The Hall–Kier alpha value is -1.41. The zero-order valence-corrected chi connectivity index (χ0v) is 12.6. The first-order valence-corrected chi connectivity index (χ1v) is 8.12. The highest BCUT2D eigenvalue weighted by Crippen LogP contribution is 2.33. The number of nitrogens with zero attached hydrogens (tertiary/aromatic N) is 2. The molecule has 0 atom stereocenters. The highest BCUT2D eigenvalue weighted by molar-refractivity contribution is 7.89. The zero-order chi connectivity index (χ0) is 15.0. The van der Waals surface area contributed by atoms with Crippen LogP contribution < -0.4 is 10.5 Å². The molecule has 1 aliphatic rings. The Morgan fingerprint density at radius 3 is 2.60 bits per heavy atom. The van der Waals surface area contributed by atoms with Gasteiger partial charge in [-0.1, -0.05) is 6.92 Å². The van der Waals surface area contributed by atoms with Crippen molar-refractivity contribution in [2.75, 3.05) is 0 Å². The molecule has 0 bridgehead atoms. The minimum atomic E-state index is -3.74. The number of hydrogen-bond acceptors (Lipinski definition) is 4. The maximum absolute atomic E-state index is 12.4. The molecule has 1 heterocycles. The van der Waals surface area contributed by atoms with Crippen LogP contribution in [0.1, 0.15) is 32.6 Å². The first kappa shape index (κ1) is 15.0. The van der Waals surface area contributed by atoms with Gasteiger partial charge in [0.25, 0.3) is 10.0 Å². The highest BCUT2D eigenvalue weighted by atomic mass is 32.2. The fourth-order valence-corrected chi connectivity index (χ4v) is 4.18. The minimum absolute atomic E-state index is 0.0803. The van der Waals surface area contributed by atoms with E-state index in [4.69, 9.17) is 11.1 Å². The summed E-state index contributed by atoms with van der Waals surface area (Å²) in [6, 6.07) is 1.43. The number of aryl methyl sites for hydroxylation is 1. The number of sulfonamides is 1. The van der Waals surface area contributed by atoms with Gasteiger partial charge in [0.2, 0.25) is 0 Å². The smallest absolute Gasteiger partial charge is 0.258 e. The van der Waals surface area contributed by atoms with Crippen LogP contribution in [-0.4, -0.2) is 29.6 Å². The maximum Gasteiger partial charge on any atom is 0.258 e. The molecule has 0 saturated heterocycles. The Morgan fingerprint density at radius 1 is 1.55 bits per heavy atom. The number of nitrogens with two attached hydrogens (primary N) is 1. The number of hydrogen-bond donors (Lipinski definition) is 3. The van der Waals surface area contributed by atoms with Crippen LogP contribution in [0, 0.1) is 11.3 Å². The minimum Gasteiger partial charge on any atom is -0.386 e. The van der Waals surface area contributed by atoms with Gasteiger partial charge in [0.15, 0.2) is 5.03 Å². The van der Waals surface area contributed by atoms with Crippen molar-refractivity contribution in [1.82, 2.24) is 14.5 Å². The normalized spacial score (nSPS) is 27.4. The molecule has 112 valence electrons. The Bertz CT molecular complexity index is 599. The van der Waals surface area contributed by atoms with Crippen LogP contribution in [0.4, 0.5) is 0 Å². The lowest BCUT2D eigenvalue weighted by atomic mass is 9.77. The molecule has 2 rings (SSSR count). The summed E-state index contributed by atoms with van der Waals surface area (Å²) in [4.78, 5) is 0. The molecule has 0 amide bonds. The lowest BCUT2D eigenvalue weighted by molar-refractivity contribution is 0.285. The number of aromatic nitrogens is 2. The molecule has 7 nitrogen and oxygen atoms in total. The van der Waals surface area contributed by atoms with Crippen LogP contribution >= 0.6 is 0 Å². The van der Waals surface area contributed by atoms with Crippen molar-refractivity contribution in [3.05, 3.63) is 12.3 Å². The van der Waals surface area contributed by atoms with Gasteiger partial charge in [-0.15, -0.1) is 0 Å². The molecular formula is C12H21N5O2S. The molecule has 0 aromatic carbocycles. The van der Waals surface area contributed by atoms with E-state index >= 15 is 0 Å². The average molecular weight is 299 g/mol. The molecule has 0 radical (unpaired) electrons. The molecule has 20 heavy (non-hydrogen) atoms. The third-order valence-corrected chi connectivity index (χ3v) is 5.63. The predicted molar refractivity (Wildman–Crippen MR) is 75.8 cm³/mol. The van der Waals surface area contributed by atoms with Crippen molar-refractivity contribution in [1.29, 1.82) is 5.41 Å². The number of amidine groups is 1. The van der Waals surface area contributed by atoms with Gasteiger partial charge >= 0.3 is 0 Å². The summed E-state index contributed by atoms with van der Waals surface area (Å²) < 4.78 is 28.8. The lowest BCUT2D eigenvalue weighted by Gasteiger charge is -2.38. The van der Waals surface area contributed by atoms with E-state index in [0.717, 1.165) is 12.8 Å². The average Bonchev–Trinajstić information content (AvgIpc) is 2.79. The van der Waals surface area contributed by atoms with Gasteiger partial charge in [0.05, 0.1) is 11.7 Å². The van der Waals surface area contributed by atoms with Crippen LogP contribution in [0.5, 0.6) is 0 Å².